The van der Waals surface area contributed by atoms with Gasteiger partial charge in [0.05, 0.1) is 10.6 Å². The van der Waals surface area contributed by atoms with E-state index in [1.54, 1.807) is 12.1 Å². The summed E-state index contributed by atoms with van der Waals surface area (Å²) in [5, 5.41) is 7.79. The van der Waals surface area contributed by atoms with E-state index in [2.05, 4.69) is 10.4 Å². The molecule has 0 fully saturated rings. The summed E-state index contributed by atoms with van der Waals surface area (Å²) >= 11 is 7.43. The number of carbonyl (C=O) groups is 3. The van der Waals surface area contributed by atoms with E-state index in [0.29, 0.717) is 10.7 Å². The van der Waals surface area contributed by atoms with Crippen LogP contribution in [0.15, 0.2) is 47.6 Å². The maximum Gasteiger partial charge on any atom is 0.343 e. The number of ether oxygens (including phenoxy) is 1. The first-order valence-electron chi connectivity index (χ1n) is 8.34. The fourth-order valence-electron chi connectivity index (χ4n) is 2.48. The molecule has 0 radical (unpaired) electrons. The lowest BCUT2D eigenvalue weighted by Crippen LogP contribution is -2.25. The number of hydrogen-bond acceptors (Lipinski definition) is 6. The second-order valence-electron chi connectivity index (χ2n) is 6.01. The van der Waals surface area contributed by atoms with Gasteiger partial charge in [0.15, 0.2) is 5.17 Å². The zero-order valence-corrected chi connectivity index (χ0v) is 16.9. The normalized spacial score (nSPS) is 15.7. The Hall–Kier alpha value is -2.91. The third-order valence-corrected chi connectivity index (χ3v) is 5.17. The molecule has 1 aliphatic rings. The van der Waals surface area contributed by atoms with Crippen molar-refractivity contribution in [2.45, 2.75) is 19.2 Å². The van der Waals surface area contributed by atoms with Crippen LogP contribution in [-0.2, 0) is 9.59 Å². The molecule has 2 aromatic carbocycles. The van der Waals surface area contributed by atoms with Gasteiger partial charge < -0.3 is 10.1 Å². The quantitative estimate of drug-likeness (QED) is 0.586. The Morgan fingerprint density at radius 3 is 2.45 bits per heavy atom. The van der Waals surface area contributed by atoms with E-state index in [9.17, 15) is 18.8 Å². The van der Waals surface area contributed by atoms with Crippen molar-refractivity contribution in [3.8, 4) is 5.75 Å². The number of esters is 1. The number of nitrogens with zero attached hydrogens (tertiary/aromatic N) is 2. The Balaban J connectivity index is 1.78. The first-order valence-corrected chi connectivity index (χ1v) is 9.60. The standard InChI is InChI=1S/C19H15ClFN3O4S/c1-10(25)22-19-23-24(11(2)26)17(29-19)13-5-8-16(15(20)9-13)28-18(27)12-3-6-14(21)7-4-12/h3-9,17H,1-2H3,(H,22,23,25)/t17-/m1/s1. The molecule has 10 heteroatoms. The van der Waals surface area contributed by atoms with Gasteiger partial charge in [-0.2, -0.15) is 0 Å². The molecule has 0 saturated carbocycles. The lowest BCUT2D eigenvalue weighted by atomic mass is 10.2. The zero-order valence-electron chi connectivity index (χ0n) is 15.3. The number of benzene rings is 2. The van der Waals surface area contributed by atoms with E-state index in [1.807, 2.05) is 0 Å². The average molecular weight is 436 g/mol. The molecule has 7 nitrogen and oxygen atoms in total. The summed E-state index contributed by atoms with van der Waals surface area (Å²) < 4.78 is 18.3. The highest BCUT2D eigenvalue weighted by atomic mass is 35.5. The second kappa shape index (κ2) is 8.62. The van der Waals surface area contributed by atoms with E-state index >= 15 is 0 Å². The van der Waals surface area contributed by atoms with E-state index in [1.165, 1.54) is 48.8 Å². The van der Waals surface area contributed by atoms with Crippen molar-refractivity contribution in [1.82, 2.24) is 10.3 Å². The minimum Gasteiger partial charge on any atom is -0.421 e. The van der Waals surface area contributed by atoms with Crippen LogP contribution in [0.2, 0.25) is 5.02 Å². The lowest BCUT2D eigenvalue weighted by Gasteiger charge is -2.19. The molecule has 1 heterocycles. The molecule has 1 atom stereocenters. The van der Waals surface area contributed by atoms with E-state index in [4.69, 9.17) is 16.3 Å². The van der Waals surface area contributed by atoms with Crippen molar-refractivity contribution in [2.75, 3.05) is 0 Å². The number of nitrogens with one attached hydrogen (secondary N) is 1. The number of hydrazone groups is 1. The number of thioether (sulfide) groups is 1. The fourth-order valence-corrected chi connectivity index (χ4v) is 3.83. The van der Waals surface area contributed by atoms with Gasteiger partial charge in [-0.15, -0.1) is 5.10 Å². The predicted octanol–water partition coefficient (Wildman–Crippen LogP) is 3.70. The fraction of sp³-hybridized carbons (Fsp3) is 0.158. The highest BCUT2D eigenvalue weighted by Crippen LogP contribution is 2.41. The Labute approximate surface area is 174 Å². The summed E-state index contributed by atoms with van der Waals surface area (Å²) in [6.07, 6.45) is 0. The number of halogens is 2. The van der Waals surface area contributed by atoms with E-state index < -0.39 is 17.2 Å². The molecule has 0 aliphatic carbocycles. The van der Waals surface area contributed by atoms with Gasteiger partial charge in [0.1, 0.15) is 16.9 Å². The molecule has 29 heavy (non-hydrogen) atoms. The number of carbonyl (C=O) groups excluding carboxylic acids is 3. The van der Waals surface area contributed by atoms with Crippen LogP contribution in [0.25, 0.3) is 0 Å². The van der Waals surface area contributed by atoms with Crippen molar-refractivity contribution in [2.24, 2.45) is 5.10 Å². The van der Waals surface area contributed by atoms with Crippen LogP contribution in [0, 0.1) is 5.82 Å². The third kappa shape index (κ3) is 4.93. The number of hydrogen-bond donors (Lipinski definition) is 1. The van der Waals surface area contributed by atoms with E-state index in [-0.39, 0.29) is 28.1 Å². The third-order valence-electron chi connectivity index (χ3n) is 3.77. The summed E-state index contributed by atoms with van der Waals surface area (Å²) in [6, 6.07) is 9.60. The molecular weight excluding hydrogens is 421 g/mol. The smallest absolute Gasteiger partial charge is 0.343 e. The minimum atomic E-state index is -0.684. The summed E-state index contributed by atoms with van der Waals surface area (Å²) in [7, 11) is 0. The van der Waals surface area contributed by atoms with Gasteiger partial charge in [-0.1, -0.05) is 29.4 Å². The maximum atomic E-state index is 13.0. The minimum absolute atomic E-state index is 0.116. The highest BCUT2D eigenvalue weighted by Gasteiger charge is 2.32. The molecule has 2 amide bonds. The predicted molar refractivity (Wildman–Crippen MR) is 107 cm³/mol. The van der Waals surface area contributed by atoms with Gasteiger partial charge in [-0.25, -0.2) is 14.2 Å². The molecule has 1 aliphatic heterocycles. The average Bonchev–Trinajstić information content (AvgIpc) is 3.07. The summed E-state index contributed by atoms with van der Waals surface area (Å²) in [6.45, 7) is 2.70. The first-order chi connectivity index (χ1) is 13.7. The Kier molecular flexibility index (Phi) is 6.19. The molecule has 2 aromatic rings. The monoisotopic (exact) mass is 435 g/mol. The number of rotatable bonds is 3. The van der Waals surface area contributed by atoms with Crippen molar-refractivity contribution < 1.29 is 23.5 Å². The van der Waals surface area contributed by atoms with Crippen molar-refractivity contribution in [3.05, 3.63) is 64.4 Å². The topological polar surface area (TPSA) is 88.1 Å². The van der Waals surface area contributed by atoms with Gasteiger partial charge in [0.2, 0.25) is 11.8 Å². The van der Waals surface area contributed by atoms with Crippen LogP contribution < -0.4 is 10.1 Å². The molecule has 1 N–H and O–H groups in total. The molecular formula is C19H15ClFN3O4S. The molecule has 0 bridgehead atoms. The summed E-state index contributed by atoms with van der Waals surface area (Å²) in [5.74, 6) is -1.65. The van der Waals surface area contributed by atoms with Gasteiger partial charge in [0, 0.05) is 13.8 Å². The molecule has 0 unspecified atom stereocenters. The summed E-state index contributed by atoms with van der Waals surface area (Å²) in [4.78, 5) is 35.3. The Morgan fingerprint density at radius 1 is 1.17 bits per heavy atom. The molecule has 0 aromatic heterocycles. The van der Waals surface area contributed by atoms with Crippen molar-refractivity contribution in [1.29, 1.82) is 0 Å². The van der Waals surface area contributed by atoms with Gasteiger partial charge in [-0.3, -0.25) is 9.59 Å². The Bertz CT molecular complexity index is 1010. The lowest BCUT2D eigenvalue weighted by molar-refractivity contribution is -0.129. The SMILES string of the molecule is CC(=O)NC1=NN(C(C)=O)[C@@H](c2ccc(OC(=O)c3ccc(F)cc3)c(Cl)c2)S1. The highest BCUT2D eigenvalue weighted by molar-refractivity contribution is 8.14. The van der Waals surface area contributed by atoms with Crippen LogP contribution in [0.5, 0.6) is 5.75 Å². The first kappa shape index (κ1) is 20.8. The van der Waals surface area contributed by atoms with Gasteiger partial charge >= 0.3 is 5.97 Å². The molecule has 3 rings (SSSR count). The number of amides is 2. The van der Waals surface area contributed by atoms with Crippen LogP contribution in [0.4, 0.5) is 4.39 Å². The number of amidine groups is 1. The van der Waals surface area contributed by atoms with Crippen molar-refractivity contribution in [3.63, 3.8) is 0 Å². The molecule has 0 spiro atoms. The molecule has 150 valence electrons. The van der Waals surface area contributed by atoms with Crippen LogP contribution >= 0.6 is 23.4 Å². The largest absolute Gasteiger partial charge is 0.421 e. The maximum absolute atomic E-state index is 13.0. The summed E-state index contributed by atoms with van der Waals surface area (Å²) in [5.41, 5.74) is 0.801. The van der Waals surface area contributed by atoms with Crippen LogP contribution in [0.1, 0.15) is 35.1 Å². The second-order valence-corrected chi connectivity index (χ2v) is 7.48. The van der Waals surface area contributed by atoms with Gasteiger partial charge in [0.25, 0.3) is 0 Å². The Morgan fingerprint density at radius 2 is 1.86 bits per heavy atom. The van der Waals surface area contributed by atoms with Crippen LogP contribution in [0.3, 0.4) is 0 Å². The van der Waals surface area contributed by atoms with Crippen molar-refractivity contribution >= 4 is 46.3 Å². The zero-order chi connectivity index (χ0) is 21.1. The van der Waals surface area contributed by atoms with Gasteiger partial charge in [-0.05, 0) is 42.0 Å². The van der Waals surface area contributed by atoms with Crippen LogP contribution in [-0.4, -0.2) is 28.0 Å². The molecule has 0 saturated heterocycles. The van der Waals surface area contributed by atoms with E-state index in [0.717, 1.165) is 12.1 Å².